The van der Waals surface area contributed by atoms with Crippen LogP contribution in [0.2, 0.25) is 0 Å². The van der Waals surface area contributed by atoms with Gasteiger partial charge in [-0.15, -0.1) is 0 Å². The van der Waals surface area contributed by atoms with Crippen LogP contribution >= 0.6 is 0 Å². The van der Waals surface area contributed by atoms with Crippen LogP contribution in [0.25, 0.3) is 0 Å². The van der Waals surface area contributed by atoms with Crippen molar-refractivity contribution in [2.24, 2.45) is 0 Å². The maximum absolute atomic E-state index is 10.7. The maximum Gasteiger partial charge on any atom is 0.0789 e. The molecule has 0 aromatic rings. The lowest BCUT2D eigenvalue weighted by atomic mass is 9.93. The first kappa shape index (κ1) is 15.3. The Bertz CT molecular complexity index is 264. The van der Waals surface area contributed by atoms with E-state index in [1.165, 1.54) is 57.8 Å². The van der Waals surface area contributed by atoms with Crippen LogP contribution in [-0.4, -0.2) is 34.2 Å². The molecule has 2 unspecified atom stereocenters. The second-order valence-corrected chi connectivity index (χ2v) is 7.05. The van der Waals surface area contributed by atoms with E-state index in [0.29, 0.717) is 6.04 Å². The Morgan fingerprint density at radius 1 is 1.05 bits per heavy atom. The minimum atomic E-state index is -0.370. The van der Waals surface area contributed by atoms with Gasteiger partial charge in [0.25, 0.3) is 0 Å². The van der Waals surface area contributed by atoms with Crippen LogP contribution in [0, 0.1) is 0 Å². The molecular weight excluding hydrogens is 234 g/mol. The average Bonchev–Trinajstić information content (AvgIpc) is 3.15. The van der Waals surface area contributed by atoms with E-state index in [0.717, 1.165) is 25.4 Å². The summed E-state index contributed by atoms with van der Waals surface area (Å²) in [6.45, 7) is 5.50. The van der Waals surface area contributed by atoms with Crippen LogP contribution in [-0.2, 0) is 0 Å². The van der Waals surface area contributed by atoms with E-state index in [1.54, 1.807) is 0 Å². The van der Waals surface area contributed by atoms with Gasteiger partial charge in [-0.25, -0.2) is 0 Å². The van der Waals surface area contributed by atoms with Crippen molar-refractivity contribution in [2.45, 2.75) is 102 Å². The number of likely N-dealkylation sites (tertiary alicyclic amines) is 1. The van der Waals surface area contributed by atoms with E-state index in [2.05, 4.69) is 18.7 Å². The predicted octanol–water partition coefficient (Wildman–Crippen LogP) is 4.11. The molecule has 1 saturated carbocycles. The standard InChI is InChI=1S/C17H33NO/c1-3-4-5-6-7-8-9-12-17(19)13-15(2)18(14-17)16-10-11-16/h15-16,19H,3-14H2,1-2H3. The molecule has 0 spiro atoms. The lowest BCUT2D eigenvalue weighted by Gasteiger charge is -2.23. The summed E-state index contributed by atoms with van der Waals surface area (Å²) >= 11 is 0. The molecule has 19 heavy (non-hydrogen) atoms. The molecule has 0 radical (unpaired) electrons. The van der Waals surface area contributed by atoms with Crippen molar-refractivity contribution >= 4 is 0 Å². The van der Waals surface area contributed by atoms with E-state index in [1.807, 2.05) is 0 Å². The summed E-state index contributed by atoms with van der Waals surface area (Å²) in [5, 5.41) is 10.7. The van der Waals surface area contributed by atoms with Gasteiger partial charge in [-0.05, 0) is 32.6 Å². The van der Waals surface area contributed by atoms with E-state index in [-0.39, 0.29) is 5.60 Å². The number of unbranched alkanes of at least 4 members (excludes halogenated alkanes) is 6. The lowest BCUT2D eigenvalue weighted by molar-refractivity contribution is 0.0371. The van der Waals surface area contributed by atoms with Crippen molar-refractivity contribution in [1.82, 2.24) is 4.90 Å². The van der Waals surface area contributed by atoms with Gasteiger partial charge in [0.15, 0.2) is 0 Å². The highest BCUT2D eigenvalue weighted by atomic mass is 16.3. The van der Waals surface area contributed by atoms with Gasteiger partial charge in [-0.2, -0.15) is 0 Å². The first-order chi connectivity index (χ1) is 9.14. The zero-order valence-corrected chi connectivity index (χ0v) is 13.0. The third kappa shape index (κ3) is 4.75. The molecule has 1 heterocycles. The summed E-state index contributed by atoms with van der Waals surface area (Å²) in [6, 6.07) is 1.40. The van der Waals surface area contributed by atoms with Crippen molar-refractivity contribution in [2.75, 3.05) is 6.54 Å². The molecule has 0 amide bonds. The molecule has 112 valence electrons. The Balaban J connectivity index is 1.57. The van der Waals surface area contributed by atoms with Gasteiger partial charge >= 0.3 is 0 Å². The maximum atomic E-state index is 10.7. The van der Waals surface area contributed by atoms with Gasteiger partial charge in [-0.3, -0.25) is 4.90 Å². The Hall–Kier alpha value is -0.0800. The predicted molar refractivity (Wildman–Crippen MR) is 81.4 cm³/mol. The summed E-state index contributed by atoms with van der Waals surface area (Å²) < 4.78 is 0. The van der Waals surface area contributed by atoms with Gasteiger partial charge in [0.1, 0.15) is 0 Å². The normalized spacial score (nSPS) is 32.1. The molecule has 2 aliphatic rings. The van der Waals surface area contributed by atoms with E-state index in [4.69, 9.17) is 0 Å². The molecule has 1 saturated heterocycles. The minimum absolute atomic E-state index is 0.370. The fraction of sp³-hybridized carbons (Fsp3) is 1.00. The number of β-amino-alcohol motifs (C(OH)–C–C–N with tert-alkyl or cyclic N) is 1. The van der Waals surface area contributed by atoms with Crippen molar-refractivity contribution in [1.29, 1.82) is 0 Å². The Morgan fingerprint density at radius 3 is 2.32 bits per heavy atom. The van der Waals surface area contributed by atoms with Gasteiger partial charge in [0, 0.05) is 18.6 Å². The SMILES string of the molecule is CCCCCCCCCC1(O)CC(C)N(C2CC2)C1. The van der Waals surface area contributed by atoms with Crippen molar-refractivity contribution in [3.8, 4) is 0 Å². The van der Waals surface area contributed by atoms with Crippen molar-refractivity contribution in [3.05, 3.63) is 0 Å². The van der Waals surface area contributed by atoms with Crippen molar-refractivity contribution in [3.63, 3.8) is 0 Å². The highest BCUT2D eigenvalue weighted by molar-refractivity contribution is 5.00. The largest absolute Gasteiger partial charge is 0.388 e. The molecule has 0 aromatic carbocycles. The summed E-state index contributed by atoms with van der Waals surface area (Å²) in [6.07, 6.45) is 14.1. The van der Waals surface area contributed by atoms with Crippen LogP contribution in [0.5, 0.6) is 0 Å². The van der Waals surface area contributed by atoms with Crippen LogP contribution in [0.1, 0.15) is 84.5 Å². The molecule has 2 fully saturated rings. The van der Waals surface area contributed by atoms with Gasteiger partial charge in [0.05, 0.1) is 5.60 Å². The topological polar surface area (TPSA) is 23.5 Å². The van der Waals surface area contributed by atoms with Crippen LogP contribution < -0.4 is 0 Å². The highest BCUT2D eigenvalue weighted by Crippen LogP contribution is 2.39. The Labute approximate surface area is 119 Å². The fourth-order valence-corrected chi connectivity index (χ4v) is 3.71. The third-order valence-electron chi connectivity index (χ3n) is 4.98. The van der Waals surface area contributed by atoms with E-state index >= 15 is 0 Å². The summed E-state index contributed by atoms with van der Waals surface area (Å²) in [5.41, 5.74) is -0.370. The molecular formula is C17H33NO. The minimum Gasteiger partial charge on any atom is -0.388 e. The van der Waals surface area contributed by atoms with E-state index < -0.39 is 0 Å². The summed E-state index contributed by atoms with van der Waals surface area (Å²) in [7, 11) is 0. The second kappa shape index (κ2) is 7.08. The van der Waals surface area contributed by atoms with Crippen LogP contribution in [0.15, 0.2) is 0 Å². The summed E-state index contributed by atoms with van der Waals surface area (Å²) in [5.74, 6) is 0. The first-order valence-corrected chi connectivity index (χ1v) is 8.63. The van der Waals surface area contributed by atoms with Crippen molar-refractivity contribution < 1.29 is 5.11 Å². The molecule has 2 nitrogen and oxygen atoms in total. The first-order valence-electron chi connectivity index (χ1n) is 8.63. The Morgan fingerprint density at radius 2 is 1.68 bits per heavy atom. The molecule has 2 heteroatoms. The summed E-state index contributed by atoms with van der Waals surface area (Å²) in [4.78, 5) is 2.56. The highest BCUT2D eigenvalue weighted by Gasteiger charge is 2.45. The quantitative estimate of drug-likeness (QED) is 0.635. The molecule has 0 aromatic heterocycles. The molecule has 1 aliphatic heterocycles. The van der Waals surface area contributed by atoms with Crippen LogP contribution in [0.3, 0.4) is 0 Å². The van der Waals surface area contributed by atoms with E-state index in [9.17, 15) is 5.11 Å². The number of hydrogen-bond acceptors (Lipinski definition) is 2. The molecule has 1 N–H and O–H groups in total. The Kier molecular flexibility index (Phi) is 5.70. The molecule has 1 aliphatic carbocycles. The number of hydrogen-bond donors (Lipinski definition) is 1. The monoisotopic (exact) mass is 267 g/mol. The van der Waals surface area contributed by atoms with Gasteiger partial charge < -0.3 is 5.11 Å². The molecule has 0 bridgehead atoms. The second-order valence-electron chi connectivity index (χ2n) is 7.05. The van der Waals surface area contributed by atoms with Gasteiger partial charge in [0.2, 0.25) is 0 Å². The zero-order valence-electron chi connectivity index (χ0n) is 13.0. The molecule has 2 rings (SSSR count). The van der Waals surface area contributed by atoms with Crippen LogP contribution in [0.4, 0.5) is 0 Å². The molecule has 2 atom stereocenters. The zero-order chi connectivity index (χ0) is 13.7. The smallest absolute Gasteiger partial charge is 0.0789 e. The lowest BCUT2D eigenvalue weighted by Crippen LogP contribution is -2.34. The third-order valence-corrected chi connectivity index (χ3v) is 4.98. The fourth-order valence-electron chi connectivity index (χ4n) is 3.71. The number of nitrogens with zero attached hydrogens (tertiary/aromatic N) is 1. The average molecular weight is 267 g/mol. The number of rotatable bonds is 9. The number of aliphatic hydroxyl groups is 1. The van der Waals surface area contributed by atoms with Gasteiger partial charge in [-0.1, -0.05) is 51.9 Å².